The molecule has 1 aromatic heterocycles. The summed E-state index contributed by atoms with van der Waals surface area (Å²) in [5, 5.41) is 0. The van der Waals surface area contributed by atoms with Gasteiger partial charge >= 0.3 is 0 Å². The molecule has 0 bridgehead atoms. The second kappa shape index (κ2) is 8.43. The molecule has 0 unspecified atom stereocenters. The zero-order valence-electron chi connectivity index (χ0n) is 22.8. The van der Waals surface area contributed by atoms with Gasteiger partial charge in [0.25, 0.3) is 5.91 Å². The Labute approximate surface area is 200 Å². The molecule has 6 rings (SSSR count). The van der Waals surface area contributed by atoms with Crippen molar-refractivity contribution in [1.82, 2.24) is 9.88 Å². The van der Waals surface area contributed by atoms with Crippen molar-refractivity contribution in [1.29, 1.82) is 0 Å². The summed E-state index contributed by atoms with van der Waals surface area (Å²) < 4.78 is 47.6. The number of hydrogen-bond donors (Lipinski definition) is 0. The maximum absolute atomic E-state index is 13.0. The Bertz CT molecular complexity index is 1230. The van der Waals surface area contributed by atoms with E-state index in [2.05, 4.69) is 4.90 Å². The van der Waals surface area contributed by atoms with Gasteiger partial charge in [-0.1, -0.05) is 12.8 Å². The second-order valence-corrected chi connectivity index (χ2v) is 9.32. The van der Waals surface area contributed by atoms with E-state index in [4.69, 9.17) is 24.7 Å². The lowest BCUT2D eigenvalue weighted by atomic mass is 10.1. The fourth-order valence-corrected chi connectivity index (χ4v) is 5.42. The number of fused-ring (bicyclic) bond motifs is 2. The molecule has 1 aromatic carbocycles. The first-order valence-electron chi connectivity index (χ1n) is 13.9. The largest absolute Gasteiger partial charge is 0.490 e. The first-order valence-corrected chi connectivity index (χ1v) is 11.9. The van der Waals surface area contributed by atoms with E-state index >= 15 is 0 Å². The first-order chi connectivity index (χ1) is 17.6. The topological polar surface area (TPSA) is 64.1 Å². The number of aryl methyl sites for hydroxylation is 1. The van der Waals surface area contributed by atoms with E-state index in [0.717, 1.165) is 61.4 Å². The SMILES string of the molecule is [2H]C1([2H])Oc2ccc(OC3CCN(c4nc5c(cc4C)C(=O)N(C4CCCC4)C5)CC3)cc2OC1([2H])[2H]. The molecule has 2 fully saturated rings. The van der Waals surface area contributed by atoms with Gasteiger partial charge < -0.3 is 24.0 Å². The molecule has 7 heteroatoms. The zero-order valence-corrected chi connectivity index (χ0v) is 18.8. The van der Waals surface area contributed by atoms with Crippen molar-refractivity contribution in [3.63, 3.8) is 0 Å². The maximum Gasteiger partial charge on any atom is 0.256 e. The number of benzene rings is 1. The third-order valence-electron chi connectivity index (χ3n) is 7.17. The fraction of sp³-hybridized carbons (Fsp3) is 0.538. The predicted octanol–water partition coefficient (Wildman–Crippen LogP) is 4.11. The summed E-state index contributed by atoms with van der Waals surface area (Å²) in [4.78, 5) is 22.2. The van der Waals surface area contributed by atoms with Crippen LogP contribution in [-0.2, 0) is 6.54 Å². The third-order valence-corrected chi connectivity index (χ3v) is 7.17. The van der Waals surface area contributed by atoms with Gasteiger partial charge in [-0.05, 0) is 43.5 Å². The molecule has 0 atom stereocenters. The Morgan fingerprint density at radius 2 is 1.82 bits per heavy atom. The van der Waals surface area contributed by atoms with Crippen LogP contribution in [0.1, 0.15) is 65.6 Å². The van der Waals surface area contributed by atoms with Gasteiger partial charge in [0, 0.05) is 38.0 Å². The fourth-order valence-electron chi connectivity index (χ4n) is 5.42. The number of rotatable bonds is 4. The Kier molecular flexibility index (Phi) is 4.25. The van der Waals surface area contributed by atoms with Gasteiger partial charge in [-0.25, -0.2) is 4.98 Å². The van der Waals surface area contributed by atoms with Gasteiger partial charge in [-0.3, -0.25) is 4.79 Å². The van der Waals surface area contributed by atoms with Crippen LogP contribution in [0.4, 0.5) is 5.82 Å². The van der Waals surface area contributed by atoms with Crippen LogP contribution in [0.25, 0.3) is 0 Å². The van der Waals surface area contributed by atoms with Crippen molar-refractivity contribution in [3.8, 4) is 17.2 Å². The van der Waals surface area contributed by atoms with E-state index < -0.39 is 13.1 Å². The van der Waals surface area contributed by atoms with Gasteiger partial charge in [0.1, 0.15) is 30.8 Å². The highest BCUT2D eigenvalue weighted by Gasteiger charge is 2.36. The lowest BCUT2D eigenvalue weighted by molar-refractivity contribution is 0.0706. The molecule has 1 amide bonds. The Morgan fingerprint density at radius 3 is 2.61 bits per heavy atom. The van der Waals surface area contributed by atoms with E-state index in [1.807, 2.05) is 17.9 Å². The number of anilines is 1. The average Bonchev–Trinajstić information content (AvgIpc) is 3.48. The highest BCUT2D eigenvalue weighted by molar-refractivity contribution is 5.98. The summed E-state index contributed by atoms with van der Waals surface area (Å²) in [5.74, 6) is 1.85. The van der Waals surface area contributed by atoms with Crippen molar-refractivity contribution in [2.24, 2.45) is 0 Å². The van der Waals surface area contributed by atoms with Crippen LogP contribution in [0.15, 0.2) is 24.3 Å². The number of pyridine rings is 1. The highest BCUT2D eigenvalue weighted by atomic mass is 16.6. The van der Waals surface area contributed by atoms with E-state index in [0.29, 0.717) is 18.3 Å². The molecule has 1 saturated heterocycles. The molecular weight excluding hydrogens is 418 g/mol. The van der Waals surface area contributed by atoms with Crippen LogP contribution in [0.5, 0.6) is 17.2 Å². The van der Waals surface area contributed by atoms with Gasteiger partial charge in [-0.2, -0.15) is 0 Å². The summed E-state index contributed by atoms with van der Waals surface area (Å²) in [7, 11) is 0. The van der Waals surface area contributed by atoms with Gasteiger partial charge in [0.15, 0.2) is 11.5 Å². The number of nitrogens with zero attached hydrogens (tertiary/aromatic N) is 3. The summed E-state index contributed by atoms with van der Waals surface area (Å²) in [5.41, 5.74) is 2.65. The number of carbonyl (C=O) groups excluding carboxylic acids is 1. The predicted molar refractivity (Wildman–Crippen MR) is 124 cm³/mol. The minimum atomic E-state index is -2.61. The molecule has 2 aromatic rings. The molecule has 174 valence electrons. The van der Waals surface area contributed by atoms with Crippen LogP contribution >= 0.6 is 0 Å². The molecule has 4 heterocycles. The molecule has 3 aliphatic heterocycles. The van der Waals surface area contributed by atoms with Crippen molar-refractivity contribution < 1.29 is 24.5 Å². The first kappa shape index (κ1) is 16.6. The van der Waals surface area contributed by atoms with Crippen molar-refractivity contribution in [3.05, 3.63) is 41.1 Å². The number of hydrogen-bond acceptors (Lipinski definition) is 6. The van der Waals surface area contributed by atoms with Crippen LogP contribution in [0, 0.1) is 6.92 Å². The quantitative estimate of drug-likeness (QED) is 0.694. The van der Waals surface area contributed by atoms with Gasteiger partial charge in [0.2, 0.25) is 0 Å². The van der Waals surface area contributed by atoms with Crippen molar-refractivity contribution in [2.75, 3.05) is 31.1 Å². The van der Waals surface area contributed by atoms with Gasteiger partial charge in [0.05, 0.1) is 23.3 Å². The Hall–Kier alpha value is -2.96. The van der Waals surface area contributed by atoms with Gasteiger partial charge in [-0.15, -0.1) is 0 Å². The molecular formula is C26H31N3O4. The molecule has 7 nitrogen and oxygen atoms in total. The number of amides is 1. The summed E-state index contributed by atoms with van der Waals surface area (Å²) in [6.07, 6.45) is 6.09. The normalized spacial score (nSPS) is 25.8. The lowest BCUT2D eigenvalue weighted by Gasteiger charge is -2.34. The lowest BCUT2D eigenvalue weighted by Crippen LogP contribution is -2.39. The molecule has 0 spiro atoms. The Morgan fingerprint density at radius 1 is 1.06 bits per heavy atom. The maximum atomic E-state index is 13.0. The third kappa shape index (κ3) is 3.87. The monoisotopic (exact) mass is 453 g/mol. The molecule has 1 saturated carbocycles. The van der Waals surface area contributed by atoms with E-state index in [1.54, 1.807) is 18.2 Å². The highest BCUT2D eigenvalue weighted by Crippen LogP contribution is 2.36. The van der Waals surface area contributed by atoms with Crippen LogP contribution in [0.3, 0.4) is 0 Å². The second-order valence-electron chi connectivity index (χ2n) is 9.32. The molecule has 0 N–H and O–H groups in total. The summed E-state index contributed by atoms with van der Waals surface area (Å²) in [6.45, 7) is -1.03. The number of carbonyl (C=O) groups is 1. The van der Waals surface area contributed by atoms with Crippen molar-refractivity contribution >= 4 is 11.7 Å². The smallest absolute Gasteiger partial charge is 0.256 e. The zero-order chi connectivity index (χ0) is 25.9. The van der Waals surface area contributed by atoms with Crippen LogP contribution in [-0.4, -0.2) is 54.1 Å². The number of ether oxygens (including phenoxy) is 3. The van der Waals surface area contributed by atoms with Crippen molar-refractivity contribution in [2.45, 2.75) is 64.1 Å². The van der Waals surface area contributed by atoms with Crippen LogP contribution < -0.4 is 19.1 Å². The molecule has 4 aliphatic rings. The summed E-state index contributed by atoms with van der Waals surface area (Å²) in [6, 6.07) is 7.13. The Balaban J connectivity index is 1.10. The number of aromatic nitrogens is 1. The average molecular weight is 454 g/mol. The van der Waals surface area contributed by atoms with E-state index in [9.17, 15) is 4.79 Å². The standard InChI is InChI=1S/C26H31N3O4/c1-17-14-21-22(16-29(26(21)30)18-4-2-3-5-18)27-25(17)28-10-8-19(9-11-28)33-20-6-7-23-24(15-20)32-13-12-31-23/h6-7,14-15,18-19H,2-5,8-13,16H2,1H3/i12D2,13D2. The minimum Gasteiger partial charge on any atom is -0.490 e. The minimum absolute atomic E-state index is 0.0313. The molecule has 1 aliphatic carbocycles. The number of piperidine rings is 1. The van der Waals surface area contributed by atoms with E-state index in [1.165, 1.54) is 12.8 Å². The van der Waals surface area contributed by atoms with E-state index in [-0.39, 0.29) is 23.5 Å². The molecule has 0 radical (unpaired) electrons. The van der Waals surface area contributed by atoms with Crippen LogP contribution in [0.2, 0.25) is 0 Å². The summed E-state index contributed by atoms with van der Waals surface area (Å²) >= 11 is 0. The molecule has 33 heavy (non-hydrogen) atoms.